The van der Waals surface area contributed by atoms with E-state index in [1.54, 1.807) is 0 Å². The number of hydrogen-bond donors (Lipinski definition) is 0. The molecule has 2 heteroatoms. The molecular formula is C27H48F2. The van der Waals surface area contributed by atoms with E-state index in [-0.39, 0.29) is 0 Å². The summed E-state index contributed by atoms with van der Waals surface area (Å²) in [5, 5.41) is 0. The summed E-state index contributed by atoms with van der Waals surface area (Å²) in [6, 6.07) is 0. The van der Waals surface area contributed by atoms with Crippen LogP contribution in [0.25, 0.3) is 0 Å². The monoisotopic (exact) mass is 410 g/mol. The summed E-state index contributed by atoms with van der Waals surface area (Å²) in [6.07, 6.45) is 26.8. The third-order valence-electron chi connectivity index (χ3n) is 8.02. The zero-order chi connectivity index (χ0) is 20.7. The highest BCUT2D eigenvalue weighted by molar-refractivity contribution is 4.87. The van der Waals surface area contributed by atoms with Gasteiger partial charge in [-0.25, -0.2) is 0 Å². The summed E-state index contributed by atoms with van der Waals surface area (Å²) >= 11 is 0. The Kier molecular flexibility index (Phi) is 13.2. The molecule has 29 heavy (non-hydrogen) atoms. The molecule has 2 aliphatic carbocycles. The van der Waals surface area contributed by atoms with Crippen LogP contribution in [-0.2, 0) is 0 Å². The lowest BCUT2D eigenvalue weighted by Crippen LogP contribution is -2.25. The molecule has 0 atom stereocenters. The van der Waals surface area contributed by atoms with Crippen molar-refractivity contribution in [1.82, 2.24) is 0 Å². The molecule has 2 aliphatic rings. The Balaban J connectivity index is 1.44. The van der Waals surface area contributed by atoms with Crippen LogP contribution < -0.4 is 0 Å². The van der Waals surface area contributed by atoms with E-state index in [1.165, 1.54) is 122 Å². The van der Waals surface area contributed by atoms with Crippen LogP contribution in [0.5, 0.6) is 0 Å². The van der Waals surface area contributed by atoms with Gasteiger partial charge in [0, 0.05) is 0 Å². The van der Waals surface area contributed by atoms with Crippen molar-refractivity contribution >= 4 is 0 Å². The lowest BCUT2D eigenvalue weighted by atomic mass is 9.68. The highest BCUT2D eigenvalue weighted by atomic mass is 19.3. The van der Waals surface area contributed by atoms with Gasteiger partial charge < -0.3 is 0 Å². The topological polar surface area (TPSA) is 0 Å². The van der Waals surface area contributed by atoms with Gasteiger partial charge >= 0.3 is 0 Å². The van der Waals surface area contributed by atoms with Crippen molar-refractivity contribution in [3.8, 4) is 0 Å². The van der Waals surface area contributed by atoms with Crippen LogP contribution in [0.1, 0.15) is 135 Å². The lowest BCUT2D eigenvalue weighted by Gasteiger charge is -2.37. The molecule has 0 unspecified atom stereocenters. The zero-order valence-electron chi connectivity index (χ0n) is 19.3. The molecule has 0 N–H and O–H groups in total. The maximum atomic E-state index is 12.3. The third-order valence-corrected chi connectivity index (χ3v) is 8.02. The second kappa shape index (κ2) is 15.4. The number of unbranched alkanes of at least 4 members (excludes halogenated alkanes) is 9. The summed E-state index contributed by atoms with van der Waals surface area (Å²) in [6.45, 7) is 2.29. The van der Waals surface area contributed by atoms with E-state index >= 15 is 0 Å². The van der Waals surface area contributed by atoms with Crippen molar-refractivity contribution < 1.29 is 8.78 Å². The molecule has 0 aromatic rings. The van der Waals surface area contributed by atoms with E-state index in [1.807, 2.05) is 0 Å². The molecule has 2 fully saturated rings. The summed E-state index contributed by atoms with van der Waals surface area (Å²) in [5.41, 5.74) is 0. The Bertz CT molecular complexity index is 410. The smallest absolute Gasteiger partial charge is 0.174 e. The molecule has 0 heterocycles. The normalized spacial score (nSPS) is 27.7. The van der Waals surface area contributed by atoms with E-state index in [4.69, 9.17) is 0 Å². The maximum Gasteiger partial charge on any atom is 0.266 e. The van der Waals surface area contributed by atoms with Gasteiger partial charge in [0.2, 0.25) is 0 Å². The first kappa shape index (κ1) is 24.9. The molecule has 170 valence electrons. The summed E-state index contributed by atoms with van der Waals surface area (Å²) in [5.74, 6) is 3.34. The molecule has 0 nitrogen and oxygen atoms in total. The SMILES string of the molecule is CCCCCCCCCCCCC1CCC(C2CCC(CC=C(F)F)CC2)CC1. The lowest BCUT2D eigenvalue weighted by molar-refractivity contribution is 0.143. The summed E-state index contributed by atoms with van der Waals surface area (Å²) in [7, 11) is 0. The third kappa shape index (κ3) is 11.0. The Hall–Kier alpha value is -0.400. The van der Waals surface area contributed by atoms with Gasteiger partial charge in [-0.05, 0) is 74.7 Å². The molecule has 0 aromatic heterocycles. The number of halogens is 2. The Morgan fingerprint density at radius 2 is 1.07 bits per heavy atom. The van der Waals surface area contributed by atoms with E-state index in [0.29, 0.717) is 12.3 Å². The zero-order valence-corrected chi connectivity index (χ0v) is 19.3. The highest BCUT2D eigenvalue weighted by Crippen LogP contribution is 2.43. The second-order valence-electron chi connectivity index (χ2n) is 10.3. The van der Waals surface area contributed by atoms with E-state index < -0.39 is 6.08 Å². The second-order valence-corrected chi connectivity index (χ2v) is 10.3. The molecule has 0 radical (unpaired) electrons. The van der Waals surface area contributed by atoms with Gasteiger partial charge in [0.15, 0.2) is 0 Å². The van der Waals surface area contributed by atoms with Crippen LogP contribution >= 0.6 is 0 Å². The quantitative estimate of drug-likeness (QED) is 0.250. The molecule has 0 aromatic carbocycles. The van der Waals surface area contributed by atoms with Crippen molar-refractivity contribution in [3.05, 3.63) is 12.2 Å². The summed E-state index contributed by atoms with van der Waals surface area (Å²) < 4.78 is 24.5. The molecule has 2 rings (SSSR count). The van der Waals surface area contributed by atoms with E-state index in [2.05, 4.69) is 6.92 Å². The van der Waals surface area contributed by atoms with Crippen molar-refractivity contribution in [3.63, 3.8) is 0 Å². The minimum absolute atomic E-state index is 0.514. The van der Waals surface area contributed by atoms with Crippen LogP contribution in [0.4, 0.5) is 8.78 Å². The van der Waals surface area contributed by atoms with Crippen molar-refractivity contribution in [2.45, 2.75) is 135 Å². The molecular weight excluding hydrogens is 362 g/mol. The average Bonchev–Trinajstić information content (AvgIpc) is 2.74. The van der Waals surface area contributed by atoms with E-state index in [0.717, 1.165) is 23.8 Å². The number of hydrogen-bond acceptors (Lipinski definition) is 0. The standard InChI is InChI=1S/C27H48F2/c1-2-3-4-5-6-7-8-9-10-11-12-23-13-18-25(19-14-23)26-20-15-24(16-21-26)17-22-27(28)29/h22-26H,2-21H2,1H3. The predicted molar refractivity (Wildman–Crippen MR) is 122 cm³/mol. The molecule has 0 spiro atoms. The summed E-state index contributed by atoms with van der Waals surface area (Å²) in [4.78, 5) is 0. The minimum atomic E-state index is -1.49. The van der Waals surface area contributed by atoms with Gasteiger partial charge in [0.05, 0.1) is 0 Å². The first-order valence-corrected chi connectivity index (χ1v) is 13.2. The van der Waals surface area contributed by atoms with Crippen molar-refractivity contribution in [2.75, 3.05) is 0 Å². The maximum absolute atomic E-state index is 12.3. The van der Waals surface area contributed by atoms with Crippen LogP contribution in [0.2, 0.25) is 0 Å². The predicted octanol–water partition coefficient (Wildman–Crippen LogP) is 10.1. The molecule has 0 bridgehead atoms. The fourth-order valence-electron chi connectivity index (χ4n) is 6.02. The van der Waals surface area contributed by atoms with Gasteiger partial charge in [-0.1, -0.05) is 90.4 Å². The minimum Gasteiger partial charge on any atom is -0.174 e. The number of allylic oxidation sites excluding steroid dienone is 1. The Labute approximate surface area is 180 Å². The first-order chi connectivity index (χ1) is 14.2. The van der Waals surface area contributed by atoms with E-state index in [9.17, 15) is 8.78 Å². The molecule has 2 saturated carbocycles. The Morgan fingerprint density at radius 3 is 1.55 bits per heavy atom. The van der Waals surface area contributed by atoms with Crippen LogP contribution in [0.15, 0.2) is 12.2 Å². The highest BCUT2D eigenvalue weighted by Gasteiger charge is 2.30. The number of rotatable bonds is 14. The van der Waals surface area contributed by atoms with Gasteiger partial charge in [0.25, 0.3) is 6.08 Å². The van der Waals surface area contributed by atoms with Gasteiger partial charge in [0.1, 0.15) is 0 Å². The Morgan fingerprint density at radius 1 is 0.621 bits per heavy atom. The van der Waals surface area contributed by atoms with Crippen LogP contribution in [0, 0.1) is 23.7 Å². The molecule has 0 saturated heterocycles. The van der Waals surface area contributed by atoms with Gasteiger partial charge in [-0.2, -0.15) is 8.78 Å². The fraction of sp³-hybridized carbons (Fsp3) is 0.926. The molecule has 0 amide bonds. The van der Waals surface area contributed by atoms with Crippen molar-refractivity contribution in [1.29, 1.82) is 0 Å². The van der Waals surface area contributed by atoms with Crippen LogP contribution in [-0.4, -0.2) is 0 Å². The van der Waals surface area contributed by atoms with Gasteiger partial charge in [-0.3, -0.25) is 0 Å². The fourth-order valence-corrected chi connectivity index (χ4v) is 6.02. The molecule has 0 aliphatic heterocycles. The van der Waals surface area contributed by atoms with Gasteiger partial charge in [-0.15, -0.1) is 0 Å². The average molecular weight is 411 g/mol. The first-order valence-electron chi connectivity index (χ1n) is 13.2. The largest absolute Gasteiger partial charge is 0.266 e. The van der Waals surface area contributed by atoms with Crippen LogP contribution in [0.3, 0.4) is 0 Å². The van der Waals surface area contributed by atoms with Crippen molar-refractivity contribution in [2.24, 2.45) is 23.7 Å².